The van der Waals surface area contributed by atoms with Gasteiger partial charge in [0.2, 0.25) is 0 Å². The molecular weight excluding hydrogens is 162 g/mol. The van der Waals surface area contributed by atoms with E-state index in [0.29, 0.717) is 0 Å². The molecule has 0 saturated heterocycles. The molecule has 1 aliphatic rings. The van der Waals surface area contributed by atoms with Crippen molar-refractivity contribution in [2.75, 3.05) is 13.2 Å². The maximum atomic E-state index is 5.56. The Bertz CT molecular complexity index is 285. The van der Waals surface area contributed by atoms with Gasteiger partial charge < -0.3 is 0 Å². The van der Waals surface area contributed by atoms with E-state index in [-0.39, 0.29) is 0 Å². The number of hydrogen-bond acceptors (Lipinski definition) is 1. The molecule has 0 aliphatic carbocycles. The lowest BCUT2D eigenvalue weighted by Crippen LogP contribution is -3.10. The highest BCUT2D eigenvalue weighted by atomic mass is 16.7. The summed E-state index contributed by atoms with van der Waals surface area (Å²) in [5.74, 6) is 0. The molecule has 1 aromatic carbocycles. The molecule has 0 fully saturated rings. The highest BCUT2D eigenvalue weighted by Crippen LogP contribution is 2.10. The minimum Gasteiger partial charge on any atom is -0.205 e. The van der Waals surface area contributed by atoms with Crippen molar-refractivity contribution in [2.24, 2.45) is 0 Å². The number of fused-ring (bicyclic) bond motifs is 1. The molecule has 1 N–H and O–H groups in total. The number of hydrogen-bond donors (Lipinski definition) is 1. The summed E-state index contributed by atoms with van der Waals surface area (Å²) in [6, 6.07) is 8.64. The number of nitrogens with one attached hydrogen (secondary N) is 1. The first kappa shape index (κ1) is 8.73. The highest BCUT2D eigenvalue weighted by molar-refractivity contribution is 5.27. The first-order chi connectivity index (χ1) is 6.40. The van der Waals surface area contributed by atoms with Gasteiger partial charge in [-0.05, 0) is 12.5 Å². The first-order valence-corrected chi connectivity index (χ1v) is 4.94. The Morgan fingerprint density at radius 3 is 2.85 bits per heavy atom. The van der Waals surface area contributed by atoms with Crippen LogP contribution in [-0.2, 0) is 17.8 Å². The van der Waals surface area contributed by atoms with E-state index < -0.39 is 0 Å². The van der Waals surface area contributed by atoms with Crippen molar-refractivity contribution in [1.82, 2.24) is 0 Å². The van der Waals surface area contributed by atoms with Crippen molar-refractivity contribution in [1.29, 1.82) is 0 Å². The molecule has 1 aromatic rings. The van der Waals surface area contributed by atoms with Crippen LogP contribution < -0.4 is 5.06 Å². The fourth-order valence-corrected chi connectivity index (χ4v) is 1.88. The van der Waals surface area contributed by atoms with E-state index in [1.165, 1.54) is 16.2 Å². The summed E-state index contributed by atoms with van der Waals surface area (Å²) in [4.78, 5) is 5.56. The third-order valence-electron chi connectivity index (χ3n) is 2.53. The van der Waals surface area contributed by atoms with Gasteiger partial charge in [0, 0.05) is 12.0 Å². The average Bonchev–Trinajstić information content (AvgIpc) is 2.18. The van der Waals surface area contributed by atoms with E-state index in [2.05, 4.69) is 24.3 Å². The zero-order chi connectivity index (χ0) is 9.10. The first-order valence-electron chi connectivity index (χ1n) is 4.94. The Morgan fingerprint density at radius 1 is 1.31 bits per heavy atom. The number of rotatable bonds is 2. The molecule has 0 aromatic heterocycles. The van der Waals surface area contributed by atoms with Crippen LogP contribution in [-0.4, -0.2) is 13.2 Å². The van der Waals surface area contributed by atoms with Gasteiger partial charge in [-0.15, -0.1) is 0 Å². The van der Waals surface area contributed by atoms with E-state index in [9.17, 15) is 0 Å². The number of benzene rings is 1. The second kappa shape index (κ2) is 3.90. The lowest BCUT2D eigenvalue weighted by Gasteiger charge is -2.23. The van der Waals surface area contributed by atoms with Gasteiger partial charge in [-0.3, -0.25) is 0 Å². The quantitative estimate of drug-likeness (QED) is 0.699. The summed E-state index contributed by atoms with van der Waals surface area (Å²) in [5.41, 5.74) is 2.93. The maximum Gasteiger partial charge on any atom is 0.133 e. The molecule has 2 heteroatoms. The monoisotopic (exact) mass is 178 g/mol. The van der Waals surface area contributed by atoms with Crippen molar-refractivity contribution in [2.45, 2.75) is 19.9 Å². The summed E-state index contributed by atoms with van der Waals surface area (Å²) in [5, 5.41) is 1.25. The Labute approximate surface area is 79.1 Å². The van der Waals surface area contributed by atoms with E-state index in [1.807, 2.05) is 6.92 Å². The highest BCUT2D eigenvalue weighted by Gasteiger charge is 2.18. The minimum atomic E-state index is 0.803. The van der Waals surface area contributed by atoms with Crippen LogP contribution in [0, 0.1) is 0 Å². The molecule has 70 valence electrons. The van der Waals surface area contributed by atoms with Gasteiger partial charge in [0.05, 0.1) is 0 Å². The molecule has 1 aliphatic heterocycles. The summed E-state index contributed by atoms with van der Waals surface area (Å²) >= 11 is 0. The largest absolute Gasteiger partial charge is 0.205 e. The molecule has 0 spiro atoms. The number of hydroxylamine groups is 2. The predicted molar refractivity (Wildman–Crippen MR) is 51.3 cm³/mol. The van der Waals surface area contributed by atoms with Gasteiger partial charge in [-0.25, -0.2) is 4.84 Å². The van der Waals surface area contributed by atoms with Crippen molar-refractivity contribution in [3.63, 3.8) is 0 Å². The Morgan fingerprint density at radius 2 is 2.08 bits per heavy atom. The lowest BCUT2D eigenvalue weighted by molar-refractivity contribution is -1.10. The zero-order valence-corrected chi connectivity index (χ0v) is 8.05. The molecule has 13 heavy (non-hydrogen) atoms. The van der Waals surface area contributed by atoms with Crippen molar-refractivity contribution >= 4 is 0 Å². The summed E-state index contributed by atoms with van der Waals surface area (Å²) < 4.78 is 0. The minimum absolute atomic E-state index is 0.803. The Balaban J connectivity index is 2.11. The maximum absolute atomic E-state index is 5.56. The van der Waals surface area contributed by atoms with Crippen LogP contribution in [0.4, 0.5) is 0 Å². The molecule has 2 rings (SSSR count). The van der Waals surface area contributed by atoms with E-state index in [1.54, 1.807) is 0 Å². The Hall–Kier alpha value is -0.860. The van der Waals surface area contributed by atoms with Gasteiger partial charge in [-0.2, -0.15) is 5.06 Å². The van der Waals surface area contributed by atoms with E-state index in [4.69, 9.17) is 4.84 Å². The van der Waals surface area contributed by atoms with Crippen molar-refractivity contribution in [3.05, 3.63) is 35.4 Å². The summed E-state index contributed by atoms with van der Waals surface area (Å²) in [6.45, 7) is 4.97. The fourth-order valence-electron chi connectivity index (χ4n) is 1.88. The van der Waals surface area contributed by atoms with Crippen LogP contribution in [0.2, 0.25) is 0 Å². The predicted octanol–water partition coefficient (Wildman–Crippen LogP) is 0.579. The van der Waals surface area contributed by atoms with E-state index >= 15 is 0 Å². The van der Waals surface area contributed by atoms with Gasteiger partial charge in [0.15, 0.2) is 0 Å². The van der Waals surface area contributed by atoms with Crippen LogP contribution in [0.1, 0.15) is 18.1 Å². The van der Waals surface area contributed by atoms with Crippen LogP contribution >= 0.6 is 0 Å². The lowest BCUT2D eigenvalue weighted by atomic mass is 10.0. The second-order valence-electron chi connectivity index (χ2n) is 3.42. The molecule has 2 nitrogen and oxygen atoms in total. The van der Waals surface area contributed by atoms with Gasteiger partial charge in [0.25, 0.3) is 0 Å². The molecule has 0 amide bonds. The van der Waals surface area contributed by atoms with Gasteiger partial charge in [-0.1, -0.05) is 24.3 Å². The third-order valence-corrected chi connectivity index (χ3v) is 2.53. The molecule has 1 heterocycles. The molecule has 1 unspecified atom stereocenters. The molecule has 0 saturated carbocycles. The molecule has 0 radical (unpaired) electrons. The standard InChI is InChI=1S/C11H15NO/c1-2-13-12-8-7-10-5-3-4-6-11(10)9-12/h3-6H,2,7-9H2,1H3/p+1. The smallest absolute Gasteiger partial charge is 0.133 e. The SMILES string of the molecule is CCO[NH+]1CCc2ccccc2C1. The second-order valence-corrected chi connectivity index (χ2v) is 3.42. The third kappa shape index (κ3) is 1.90. The van der Waals surface area contributed by atoms with Crippen molar-refractivity contribution < 1.29 is 9.90 Å². The van der Waals surface area contributed by atoms with Gasteiger partial charge >= 0.3 is 0 Å². The summed E-state index contributed by atoms with van der Waals surface area (Å²) in [7, 11) is 0. The van der Waals surface area contributed by atoms with Crippen LogP contribution in [0.5, 0.6) is 0 Å². The van der Waals surface area contributed by atoms with E-state index in [0.717, 1.165) is 26.1 Å². The Kier molecular flexibility index (Phi) is 2.62. The molecular formula is C11H16NO+. The van der Waals surface area contributed by atoms with Crippen LogP contribution in [0.15, 0.2) is 24.3 Å². The van der Waals surface area contributed by atoms with Crippen molar-refractivity contribution in [3.8, 4) is 0 Å². The van der Waals surface area contributed by atoms with Crippen LogP contribution in [0.3, 0.4) is 0 Å². The van der Waals surface area contributed by atoms with Gasteiger partial charge in [0.1, 0.15) is 19.7 Å². The zero-order valence-electron chi connectivity index (χ0n) is 8.05. The molecule has 0 bridgehead atoms. The number of quaternary nitrogens is 1. The molecule has 1 atom stereocenters. The average molecular weight is 178 g/mol. The van der Waals surface area contributed by atoms with Crippen LogP contribution in [0.25, 0.3) is 0 Å². The topological polar surface area (TPSA) is 13.7 Å². The summed E-state index contributed by atoms with van der Waals surface area (Å²) in [6.07, 6.45) is 1.14. The fraction of sp³-hybridized carbons (Fsp3) is 0.455. The normalized spacial score (nSPS) is 21.2.